The van der Waals surface area contributed by atoms with Crippen LogP contribution in [0.5, 0.6) is 0 Å². The van der Waals surface area contributed by atoms with Gasteiger partial charge in [-0.3, -0.25) is 9.59 Å². The first-order chi connectivity index (χ1) is 7.13. The minimum absolute atomic E-state index is 0.0901. The Bertz CT molecular complexity index is 369. The molecular weight excluding hydrogens is 192 g/mol. The first-order valence-corrected chi connectivity index (χ1v) is 4.76. The lowest BCUT2D eigenvalue weighted by atomic mass is 10.0. The van der Waals surface area contributed by atoms with Crippen molar-refractivity contribution < 1.29 is 14.3 Å². The van der Waals surface area contributed by atoms with E-state index in [0.29, 0.717) is 6.42 Å². The third-order valence-electron chi connectivity index (χ3n) is 2.12. The summed E-state index contributed by atoms with van der Waals surface area (Å²) in [5.41, 5.74) is 1.76. The maximum Gasteiger partial charge on any atom is 0.309 e. The van der Waals surface area contributed by atoms with Crippen molar-refractivity contribution in [2.45, 2.75) is 19.8 Å². The summed E-state index contributed by atoms with van der Waals surface area (Å²) in [4.78, 5) is 22.1. The summed E-state index contributed by atoms with van der Waals surface area (Å²) in [5, 5.41) is 0. The zero-order valence-corrected chi connectivity index (χ0v) is 8.95. The van der Waals surface area contributed by atoms with Crippen molar-refractivity contribution in [2.75, 3.05) is 7.11 Å². The summed E-state index contributed by atoms with van der Waals surface area (Å²) in [5.74, 6) is -0.196. The summed E-state index contributed by atoms with van der Waals surface area (Å²) >= 11 is 0. The number of methoxy groups -OCH3 is 1. The maximum atomic E-state index is 11.1. The Labute approximate surface area is 89.1 Å². The molecule has 1 aromatic rings. The highest BCUT2D eigenvalue weighted by Gasteiger charge is 2.08. The van der Waals surface area contributed by atoms with Crippen LogP contribution < -0.4 is 0 Å². The lowest BCUT2D eigenvalue weighted by Crippen LogP contribution is -2.08. The number of carbonyl (C=O) groups is 2. The molecule has 0 unspecified atom stereocenters. The molecule has 0 bridgehead atoms. The summed E-state index contributed by atoms with van der Waals surface area (Å²) in [6.07, 6.45) is 0.590. The lowest BCUT2D eigenvalue weighted by molar-refractivity contribution is -0.139. The van der Waals surface area contributed by atoms with Crippen LogP contribution in [0.4, 0.5) is 0 Å². The van der Waals surface area contributed by atoms with E-state index in [1.165, 1.54) is 14.0 Å². The number of hydrogen-bond acceptors (Lipinski definition) is 3. The number of hydrogen-bond donors (Lipinski definition) is 0. The molecule has 0 radical (unpaired) electrons. The Morgan fingerprint density at radius 3 is 2.13 bits per heavy atom. The van der Waals surface area contributed by atoms with Gasteiger partial charge in [-0.25, -0.2) is 0 Å². The molecule has 0 aliphatic heterocycles. The fraction of sp³-hybridized carbons (Fsp3) is 0.333. The van der Waals surface area contributed by atoms with E-state index in [9.17, 15) is 9.59 Å². The largest absolute Gasteiger partial charge is 0.469 e. The van der Waals surface area contributed by atoms with Gasteiger partial charge >= 0.3 is 5.97 Å². The molecule has 0 atom stereocenters. The third-order valence-corrected chi connectivity index (χ3v) is 2.12. The fourth-order valence-corrected chi connectivity index (χ4v) is 1.40. The van der Waals surface area contributed by atoms with Gasteiger partial charge in [-0.05, 0) is 18.1 Å². The Morgan fingerprint density at radius 1 is 1.13 bits per heavy atom. The van der Waals surface area contributed by atoms with E-state index >= 15 is 0 Å². The van der Waals surface area contributed by atoms with E-state index in [4.69, 9.17) is 0 Å². The molecule has 15 heavy (non-hydrogen) atoms. The number of carbonyl (C=O) groups excluding carboxylic acids is 2. The summed E-state index contributed by atoms with van der Waals surface area (Å²) < 4.78 is 4.59. The molecule has 0 saturated heterocycles. The van der Waals surface area contributed by atoms with Crippen LogP contribution in [-0.4, -0.2) is 18.9 Å². The highest BCUT2D eigenvalue weighted by atomic mass is 16.5. The molecule has 0 aliphatic carbocycles. The molecule has 1 aromatic carbocycles. The number of esters is 1. The zero-order valence-electron chi connectivity index (χ0n) is 8.95. The zero-order chi connectivity index (χ0) is 11.3. The fourth-order valence-electron chi connectivity index (χ4n) is 1.40. The van der Waals surface area contributed by atoms with Gasteiger partial charge in [0.1, 0.15) is 5.78 Å². The van der Waals surface area contributed by atoms with Crippen molar-refractivity contribution in [2.24, 2.45) is 0 Å². The minimum Gasteiger partial charge on any atom is -0.469 e. The smallest absolute Gasteiger partial charge is 0.309 e. The number of ketones is 1. The second kappa shape index (κ2) is 5.29. The molecule has 0 spiro atoms. The molecule has 0 fully saturated rings. The second-order valence-corrected chi connectivity index (χ2v) is 3.40. The Morgan fingerprint density at radius 2 is 1.67 bits per heavy atom. The predicted molar refractivity (Wildman–Crippen MR) is 56.5 cm³/mol. The van der Waals surface area contributed by atoms with Gasteiger partial charge in [0.25, 0.3) is 0 Å². The van der Waals surface area contributed by atoms with Crippen LogP contribution in [0.25, 0.3) is 0 Å². The standard InChI is InChI=1S/C12H14O3/c1-9(13)7-10-5-3-4-6-11(10)8-12(14)15-2/h3-6H,7-8H2,1-2H3. The maximum absolute atomic E-state index is 11.1. The Hall–Kier alpha value is -1.64. The topological polar surface area (TPSA) is 43.4 Å². The van der Waals surface area contributed by atoms with Crippen molar-refractivity contribution in [3.8, 4) is 0 Å². The van der Waals surface area contributed by atoms with E-state index in [-0.39, 0.29) is 18.2 Å². The SMILES string of the molecule is COC(=O)Cc1ccccc1CC(C)=O. The van der Waals surface area contributed by atoms with Crippen molar-refractivity contribution in [1.82, 2.24) is 0 Å². The van der Waals surface area contributed by atoms with Crippen LogP contribution in [0.15, 0.2) is 24.3 Å². The van der Waals surface area contributed by atoms with Crippen LogP contribution in [0, 0.1) is 0 Å². The predicted octanol–water partition coefficient (Wildman–Crippen LogP) is 1.53. The molecule has 0 heterocycles. The number of rotatable bonds is 4. The van der Waals surface area contributed by atoms with E-state index in [2.05, 4.69) is 4.74 Å². The Kier molecular flexibility index (Phi) is 4.03. The highest BCUT2D eigenvalue weighted by Crippen LogP contribution is 2.11. The molecule has 80 valence electrons. The van der Waals surface area contributed by atoms with E-state index in [1.807, 2.05) is 24.3 Å². The molecular formula is C12H14O3. The first kappa shape index (κ1) is 11.4. The summed E-state index contributed by atoms with van der Waals surface area (Å²) in [6.45, 7) is 1.54. The van der Waals surface area contributed by atoms with Crippen LogP contribution in [-0.2, 0) is 27.2 Å². The van der Waals surface area contributed by atoms with Gasteiger partial charge in [0.15, 0.2) is 0 Å². The normalized spacial score (nSPS) is 9.73. The van der Waals surface area contributed by atoms with Crippen molar-refractivity contribution in [1.29, 1.82) is 0 Å². The van der Waals surface area contributed by atoms with Gasteiger partial charge in [0, 0.05) is 6.42 Å². The molecule has 1 rings (SSSR count). The molecule has 0 saturated carbocycles. The minimum atomic E-state index is -0.286. The number of Topliss-reactive ketones (excluding diaryl/α,β-unsaturated/α-hetero) is 1. The average Bonchev–Trinajstić information content (AvgIpc) is 2.20. The van der Waals surface area contributed by atoms with Gasteiger partial charge in [0.05, 0.1) is 13.5 Å². The first-order valence-electron chi connectivity index (χ1n) is 4.76. The van der Waals surface area contributed by atoms with Gasteiger partial charge in [-0.15, -0.1) is 0 Å². The number of benzene rings is 1. The lowest BCUT2D eigenvalue weighted by Gasteiger charge is -2.06. The summed E-state index contributed by atoms with van der Waals surface area (Å²) in [6, 6.07) is 7.41. The highest BCUT2D eigenvalue weighted by molar-refractivity contribution is 5.79. The van der Waals surface area contributed by atoms with Crippen molar-refractivity contribution in [3.05, 3.63) is 35.4 Å². The monoisotopic (exact) mass is 206 g/mol. The van der Waals surface area contributed by atoms with Gasteiger partial charge < -0.3 is 4.74 Å². The van der Waals surface area contributed by atoms with Gasteiger partial charge in [-0.2, -0.15) is 0 Å². The molecule has 0 N–H and O–H groups in total. The molecule has 0 amide bonds. The quantitative estimate of drug-likeness (QED) is 0.702. The van der Waals surface area contributed by atoms with Crippen LogP contribution >= 0.6 is 0 Å². The molecule has 3 nitrogen and oxygen atoms in total. The summed E-state index contributed by atoms with van der Waals surface area (Å²) in [7, 11) is 1.36. The van der Waals surface area contributed by atoms with Gasteiger partial charge in [-0.1, -0.05) is 24.3 Å². The van der Waals surface area contributed by atoms with Crippen LogP contribution in [0.3, 0.4) is 0 Å². The molecule has 3 heteroatoms. The number of ether oxygens (including phenoxy) is 1. The second-order valence-electron chi connectivity index (χ2n) is 3.40. The van der Waals surface area contributed by atoms with Gasteiger partial charge in [0.2, 0.25) is 0 Å². The van der Waals surface area contributed by atoms with E-state index in [0.717, 1.165) is 11.1 Å². The third kappa shape index (κ3) is 3.54. The Balaban J connectivity index is 2.85. The van der Waals surface area contributed by atoms with E-state index < -0.39 is 0 Å². The van der Waals surface area contributed by atoms with Crippen molar-refractivity contribution >= 4 is 11.8 Å². The van der Waals surface area contributed by atoms with Crippen molar-refractivity contribution in [3.63, 3.8) is 0 Å². The van der Waals surface area contributed by atoms with Crippen LogP contribution in [0.2, 0.25) is 0 Å². The molecule has 0 aliphatic rings. The molecule has 0 aromatic heterocycles. The van der Waals surface area contributed by atoms with E-state index in [1.54, 1.807) is 0 Å². The average molecular weight is 206 g/mol. The van der Waals surface area contributed by atoms with Crippen LogP contribution in [0.1, 0.15) is 18.1 Å².